The van der Waals surface area contributed by atoms with Crippen molar-refractivity contribution in [3.8, 4) is 5.75 Å². The molecule has 0 bridgehead atoms. The van der Waals surface area contributed by atoms with Gasteiger partial charge in [-0.05, 0) is 17.7 Å². The molecule has 0 aliphatic heterocycles. The van der Waals surface area contributed by atoms with E-state index < -0.39 is 10.2 Å². The average molecular weight is 231 g/mol. The fourth-order valence-corrected chi connectivity index (χ4v) is 1.45. The smallest absolute Gasteiger partial charge is 0.274 e. The van der Waals surface area contributed by atoms with Crippen LogP contribution < -0.4 is 20.3 Å². The van der Waals surface area contributed by atoms with Gasteiger partial charge in [-0.25, -0.2) is 5.14 Å². The summed E-state index contributed by atoms with van der Waals surface area (Å²) in [6.07, 6.45) is 0. The minimum absolute atomic E-state index is 0.104. The molecule has 1 aromatic rings. The van der Waals surface area contributed by atoms with Crippen LogP contribution in [0.15, 0.2) is 18.2 Å². The molecule has 0 fully saturated rings. The Morgan fingerprint density at radius 2 is 2.13 bits per heavy atom. The van der Waals surface area contributed by atoms with Crippen LogP contribution in [0.1, 0.15) is 5.56 Å². The maximum Gasteiger partial charge on any atom is 0.274 e. The standard InChI is InChI=1S/C8H13N3O3S/c1-14-8-3-2-6(4-7(8)9)5-11-15(10,12)13/h2-4,11H,5,9H2,1H3,(H2,10,12,13). The number of rotatable bonds is 4. The van der Waals surface area contributed by atoms with Gasteiger partial charge in [0.15, 0.2) is 0 Å². The molecule has 0 unspecified atom stereocenters. The van der Waals surface area contributed by atoms with Crippen LogP contribution >= 0.6 is 0 Å². The summed E-state index contributed by atoms with van der Waals surface area (Å²) < 4.78 is 28.4. The summed E-state index contributed by atoms with van der Waals surface area (Å²) in [5.41, 5.74) is 6.80. The van der Waals surface area contributed by atoms with Gasteiger partial charge in [-0.3, -0.25) is 0 Å². The number of anilines is 1. The summed E-state index contributed by atoms with van der Waals surface area (Å²) >= 11 is 0. The van der Waals surface area contributed by atoms with E-state index in [1.165, 1.54) is 7.11 Å². The van der Waals surface area contributed by atoms with E-state index in [-0.39, 0.29) is 6.54 Å². The van der Waals surface area contributed by atoms with Crippen molar-refractivity contribution >= 4 is 15.9 Å². The number of hydrogen-bond acceptors (Lipinski definition) is 4. The molecule has 15 heavy (non-hydrogen) atoms. The first kappa shape index (κ1) is 11.8. The molecule has 0 aromatic heterocycles. The van der Waals surface area contributed by atoms with Crippen LogP contribution in [0.2, 0.25) is 0 Å². The summed E-state index contributed by atoms with van der Waals surface area (Å²) in [6, 6.07) is 4.99. The highest BCUT2D eigenvalue weighted by atomic mass is 32.2. The molecule has 1 aromatic carbocycles. The normalized spacial score (nSPS) is 11.3. The lowest BCUT2D eigenvalue weighted by Crippen LogP contribution is -2.30. The third-order valence-electron chi connectivity index (χ3n) is 1.77. The van der Waals surface area contributed by atoms with Gasteiger partial charge >= 0.3 is 0 Å². The van der Waals surface area contributed by atoms with Gasteiger partial charge in [-0.15, -0.1) is 0 Å². The zero-order chi connectivity index (χ0) is 11.5. The summed E-state index contributed by atoms with van der Waals surface area (Å²) in [5, 5.41) is 4.78. The Labute approximate surface area is 88.4 Å². The van der Waals surface area contributed by atoms with Crippen LogP contribution in [0.3, 0.4) is 0 Å². The quantitative estimate of drug-likeness (QED) is 0.611. The van der Waals surface area contributed by atoms with Crippen molar-refractivity contribution in [2.45, 2.75) is 6.54 Å². The van der Waals surface area contributed by atoms with Crippen molar-refractivity contribution in [1.29, 1.82) is 0 Å². The zero-order valence-electron chi connectivity index (χ0n) is 8.23. The lowest BCUT2D eigenvalue weighted by molar-refractivity contribution is 0.417. The highest BCUT2D eigenvalue weighted by molar-refractivity contribution is 7.87. The van der Waals surface area contributed by atoms with Crippen molar-refractivity contribution < 1.29 is 13.2 Å². The topological polar surface area (TPSA) is 107 Å². The van der Waals surface area contributed by atoms with Gasteiger partial charge in [0.2, 0.25) is 0 Å². The van der Waals surface area contributed by atoms with Gasteiger partial charge < -0.3 is 10.5 Å². The molecule has 0 amide bonds. The number of nitrogens with two attached hydrogens (primary N) is 2. The van der Waals surface area contributed by atoms with Crippen molar-refractivity contribution in [3.05, 3.63) is 23.8 Å². The molecule has 5 N–H and O–H groups in total. The van der Waals surface area contributed by atoms with Crippen LogP contribution in [0.4, 0.5) is 5.69 Å². The first-order chi connectivity index (χ1) is 6.92. The van der Waals surface area contributed by atoms with Gasteiger partial charge in [0.25, 0.3) is 10.2 Å². The third kappa shape index (κ3) is 3.74. The van der Waals surface area contributed by atoms with E-state index in [9.17, 15) is 8.42 Å². The molecule has 0 atom stereocenters. The second-order valence-electron chi connectivity index (χ2n) is 2.94. The Bertz CT molecular complexity index is 444. The maximum absolute atomic E-state index is 10.6. The maximum atomic E-state index is 10.6. The largest absolute Gasteiger partial charge is 0.495 e. The first-order valence-corrected chi connectivity index (χ1v) is 5.67. The SMILES string of the molecule is COc1ccc(CNS(N)(=O)=O)cc1N. The first-order valence-electron chi connectivity index (χ1n) is 4.12. The fourth-order valence-electron chi connectivity index (χ4n) is 1.08. The number of nitrogen functional groups attached to an aromatic ring is 1. The van der Waals surface area contributed by atoms with E-state index in [2.05, 4.69) is 4.72 Å². The predicted molar refractivity (Wildman–Crippen MR) is 57.4 cm³/mol. The van der Waals surface area contributed by atoms with E-state index in [0.717, 1.165) is 0 Å². The van der Waals surface area contributed by atoms with Gasteiger partial charge in [0.1, 0.15) is 5.75 Å². The average Bonchev–Trinajstić information content (AvgIpc) is 2.14. The Balaban J connectivity index is 2.76. The van der Waals surface area contributed by atoms with Gasteiger partial charge in [0.05, 0.1) is 12.8 Å². The number of nitrogens with one attached hydrogen (secondary N) is 1. The van der Waals surface area contributed by atoms with Crippen molar-refractivity contribution in [2.24, 2.45) is 5.14 Å². The third-order valence-corrected chi connectivity index (χ3v) is 2.32. The molecule has 84 valence electrons. The van der Waals surface area contributed by atoms with Crippen molar-refractivity contribution in [3.63, 3.8) is 0 Å². The molecule has 0 aliphatic carbocycles. The molecule has 0 spiro atoms. The highest BCUT2D eigenvalue weighted by Crippen LogP contribution is 2.21. The minimum Gasteiger partial charge on any atom is -0.495 e. The minimum atomic E-state index is -3.67. The van der Waals surface area contributed by atoms with Crippen LogP contribution in [0, 0.1) is 0 Å². The lowest BCUT2D eigenvalue weighted by Gasteiger charge is -2.07. The van der Waals surface area contributed by atoms with Gasteiger partial charge in [-0.2, -0.15) is 13.1 Å². The van der Waals surface area contributed by atoms with Crippen LogP contribution in [0.5, 0.6) is 5.75 Å². The van der Waals surface area contributed by atoms with E-state index in [0.29, 0.717) is 17.0 Å². The fraction of sp³-hybridized carbons (Fsp3) is 0.250. The molecule has 0 saturated heterocycles. The molecular formula is C8H13N3O3S. The lowest BCUT2D eigenvalue weighted by atomic mass is 10.2. The van der Waals surface area contributed by atoms with E-state index in [1.54, 1.807) is 18.2 Å². The molecule has 0 aliphatic rings. The molecular weight excluding hydrogens is 218 g/mol. The Kier molecular flexibility index (Phi) is 3.51. The highest BCUT2D eigenvalue weighted by Gasteiger charge is 2.04. The summed E-state index contributed by atoms with van der Waals surface area (Å²) in [4.78, 5) is 0. The van der Waals surface area contributed by atoms with Crippen molar-refractivity contribution in [2.75, 3.05) is 12.8 Å². The number of hydrogen-bond donors (Lipinski definition) is 3. The predicted octanol–water partition coefficient (Wildman–Crippen LogP) is -0.429. The Hall–Kier alpha value is -1.31. The number of ether oxygens (including phenoxy) is 1. The summed E-state index contributed by atoms with van der Waals surface area (Å²) in [6.45, 7) is 0.104. The number of benzene rings is 1. The molecule has 1 rings (SSSR count). The number of methoxy groups -OCH3 is 1. The molecule has 0 saturated carbocycles. The molecule has 6 nitrogen and oxygen atoms in total. The van der Waals surface area contributed by atoms with E-state index >= 15 is 0 Å². The Morgan fingerprint density at radius 3 is 2.60 bits per heavy atom. The van der Waals surface area contributed by atoms with E-state index in [1.807, 2.05) is 0 Å². The van der Waals surface area contributed by atoms with Gasteiger partial charge in [-0.1, -0.05) is 6.07 Å². The summed E-state index contributed by atoms with van der Waals surface area (Å²) in [7, 11) is -2.17. The van der Waals surface area contributed by atoms with Gasteiger partial charge in [0, 0.05) is 6.54 Å². The molecule has 0 heterocycles. The molecule has 0 radical (unpaired) electrons. The molecule has 7 heteroatoms. The zero-order valence-corrected chi connectivity index (χ0v) is 9.04. The summed E-state index contributed by atoms with van der Waals surface area (Å²) in [5.74, 6) is 0.550. The van der Waals surface area contributed by atoms with Crippen LogP contribution in [0.25, 0.3) is 0 Å². The second-order valence-corrected chi connectivity index (χ2v) is 4.32. The monoisotopic (exact) mass is 231 g/mol. The van der Waals surface area contributed by atoms with Crippen LogP contribution in [-0.4, -0.2) is 15.5 Å². The van der Waals surface area contributed by atoms with E-state index in [4.69, 9.17) is 15.6 Å². The Morgan fingerprint density at radius 1 is 1.47 bits per heavy atom. The van der Waals surface area contributed by atoms with Crippen LogP contribution in [-0.2, 0) is 16.8 Å². The second kappa shape index (κ2) is 4.47. The van der Waals surface area contributed by atoms with Crippen molar-refractivity contribution in [1.82, 2.24) is 4.72 Å².